The molecule has 1 atom stereocenters. The summed E-state index contributed by atoms with van der Waals surface area (Å²) in [6, 6.07) is 3.90. The maximum Gasteiger partial charge on any atom is 0.258 e. The van der Waals surface area contributed by atoms with Gasteiger partial charge in [-0.3, -0.25) is 4.79 Å². The summed E-state index contributed by atoms with van der Waals surface area (Å²) < 4.78 is 7.19. The van der Waals surface area contributed by atoms with Gasteiger partial charge in [-0.25, -0.2) is 0 Å². The number of nitrogens with zero attached hydrogens (tertiary/aromatic N) is 2. The largest absolute Gasteiger partial charge is 0.440 e. The summed E-state index contributed by atoms with van der Waals surface area (Å²) >= 11 is 0. The molecule has 0 saturated carbocycles. The van der Waals surface area contributed by atoms with Crippen molar-refractivity contribution in [3.8, 4) is 11.8 Å². The van der Waals surface area contributed by atoms with E-state index in [1.807, 2.05) is 33.8 Å². The maximum atomic E-state index is 12.7. The van der Waals surface area contributed by atoms with Gasteiger partial charge in [0.15, 0.2) is 0 Å². The van der Waals surface area contributed by atoms with E-state index in [4.69, 9.17) is 10.5 Å². The molecular weight excluding hydrogens is 254 g/mol. The second kappa shape index (κ2) is 5.04. The minimum Gasteiger partial charge on any atom is -0.440 e. The van der Waals surface area contributed by atoms with Crippen LogP contribution in [0.1, 0.15) is 37.9 Å². The molecule has 5 nitrogen and oxygen atoms in total. The topological polar surface area (TPSA) is 81.0 Å². The first kappa shape index (κ1) is 14.2. The smallest absolute Gasteiger partial charge is 0.258 e. The lowest BCUT2D eigenvalue weighted by atomic mass is 9.81. The number of allylic oxidation sites excluding steroid dienone is 1. The SMILES string of the molecule is CCn1c(C)cc2c(c1=O)C(C(C)C)C(C#N)=C(N)O2. The van der Waals surface area contributed by atoms with E-state index < -0.39 is 0 Å². The second-order valence-corrected chi connectivity index (χ2v) is 5.33. The number of rotatable bonds is 2. The van der Waals surface area contributed by atoms with E-state index in [1.54, 1.807) is 4.57 Å². The molecule has 106 valence electrons. The summed E-state index contributed by atoms with van der Waals surface area (Å²) in [6.07, 6.45) is 0. The highest BCUT2D eigenvalue weighted by atomic mass is 16.5. The van der Waals surface area contributed by atoms with Crippen LogP contribution >= 0.6 is 0 Å². The van der Waals surface area contributed by atoms with E-state index >= 15 is 0 Å². The zero-order chi connectivity index (χ0) is 15.0. The van der Waals surface area contributed by atoms with Crippen LogP contribution in [-0.4, -0.2) is 4.57 Å². The van der Waals surface area contributed by atoms with Crippen LogP contribution in [-0.2, 0) is 6.54 Å². The average molecular weight is 273 g/mol. The fourth-order valence-electron chi connectivity index (χ4n) is 2.78. The van der Waals surface area contributed by atoms with Gasteiger partial charge < -0.3 is 15.0 Å². The van der Waals surface area contributed by atoms with E-state index in [2.05, 4.69) is 6.07 Å². The number of pyridine rings is 1. The van der Waals surface area contributed by atoms with Gasteiger partial charge in [-0.05, 0) is 19.8 Å². The van der Waals surface area contributed by atoms with Crippen LogP contribution in [0.2, 0.25) is 0 Å². The second-order valence-electron chi connectivity index (χ2n) is 5.33. The molecule has 0 aromatic carbocycles. The third-order valence-corrected chi connectivity index (χ3v) is 3.72. The molecular formula is C15H19N3O2. The molecule has 20 heavy (non-hydrogen) atoms. The first-order chi connectivity index (χ1) is 9.42. The fourth-order valence-corrected chi connectivity index (χ4v) is 2.78. The molecule has 0 saturated heterocycles. The lowest BCUT2D eigenvalue weighted by Gasteiger charge is -2.29. The number of aryl methyl sites for hydroxylation is 1. The summed E-state index contributed by atoms with van der Waals surface area (Å²) in [5, 5.41) is 9.30. The normalized spacial score (nSPS) is 17.7. The molecule has 0 aliphatic carbocycles. The van der Waals surface area contributed by atoms with E-state index in [0.717, 1.165) is 5.69 Å². The van der Waals surface area contributed by atoms with Crippen LogP contribution < -0.4 is 16.0 Å². The van der Waals surface area contributed by atoms with Crippen molar-refractivity contribution in [2.75, 3.05) is 0 Å². The van der Waals surface area contributed by atoms with Crippen molar-refractivity contribution < 1.29 is 4.74 Å². The molecule has 0 radical (unpaired) electrons. The molecule has 2 N–H and O–H groups in total. The Bertz CT molecular complexity index is 678. The number of aromatic nitrogens is 1. The van der Waals surface area contributed by atoms with Crippen molar-refractivity contribution in [1.82, 2.24) is 4.57 Å². The summed E-state index contributed by atoms with van der Waals surface area (Å²) in [4.78, 5) is 12.7. The van der Waals surface area contributed by atoms with Crippen LogP contribution in [0.5, 0.6) is 5.75 Å². The minimum atomic E-state index is -0.311. The molecule has 0 amide bonds. The lowest BCUT2D eigenvalue weighted by Crippen LogP contribution is -2.33. The molecule has 0 fully saturated rings. The number of ether oxygens (including phenoxy) is 1. The molecule has 0 bridgehead atoms. The van der Waals surface area contributed by atoms with Crippen LogP contribution in [0.3, 0.4) is 0 Å². The monoisotopic (exact) mass is 273 g/mol. The van der Waals surface area contributed by atoms with Gasteiger partial charge in [-0.15, -0.1) is 0 Å². The van der Waals surface area contributed by atoms with Gasteiger partial charge in [0.25, 0.3) is 5.56 Å². The van der Waals surface area contributed by atoms with Gasteiger partial charge in [-0.1, -0.05) is 13.8 Å². The molecule has 1 aliphatic rings. The van der Waals surface area contributed by atoms with Crippen molar-refractivity contribution in [1.29, 1.82) is 5.26 Å². The predicted octanol–water partition coefficient (Wildman–Crippen LogP) is 2.00. The molecule has 5 heteroatoms. The summed E-state index contributed by atoms with van der Waals surface area (Å²) in [5.74, 6) is 0.361. The van der Waals surface area contributed by atoms with Gasteiger partial charge in [-0.2, -0.15) is 5.26 Å². The molecule has 2 rings (SSSR count). The highest BCUT2D eigenvalue weighted by Gasteiger charge is 2.34. The standard InChI is InChI=1S/C15H19N3O2/c1-5-18-9(4)6-11-13(15(18)19)12(8(2)3)10(7-16)14(17)20-11/h6,8,12H,5,17H2,1-4H3. The third-order valence-electron chi connectivity index (χ3n) is 3.72. The minimum absolute atomic E-state index is 0.0894. The quantitative estimate of drug-likeness (QED) is 0.893. The van der Waals surface area contributed by atoms with Crippen LogP contribution in [0.4, 0.5) is 0 Å². The Morgan fingerprint density at radius 3 is 2.70 bits per heavy atom. The first-order valence-electron chi connectivity index (χ1n) is 6.74. The fraction of sp³-hybridized carbons (Fsp3) is 0.467. The van der Waals surface area contributed by atoms with Crippen LogP contribution in [0.25, 0.3) is 0 Å². The predicted molar refractivity (Wildman–Crippen MR) is 76.1 cm³/mol. The number of fused-ring (bicyclic) bond motifs is 1. The van der Waals surface area contributed by atoms with Crippen molar-refractivity contribution >= 4 is 0 Å². The zero-order valence-electron chi connectivity index (χ0n) is 12.2. The summed E-state index contributed by atoms with van der Waals surface area (Å²) in [5.41, 5.74) is 7.44. The van der Waals surface area contributed by atoms with Crippen LogP contribution in [0, 0.1) is 24.2 Å². The van der Waals surface area contributed by atoms with Gasteiger partial charge >= 0.3 is 0 Å². The highest BCUT2D eigenvalue weighted by molar-refractivity contribution is 5.49. The number of hydrogen-bond donors (Lipinski definition) is 1. The van der Waals surface area contributed by atoms with Crippen molar-refractivity contribution in [3.05, 3.63) is 39.1 Å². The Balaban J connectivity index is 2.79. The molecule has 1 unspecified atom stereocenters. The number of hydrogen-bond acceptors (Lipinski definition) is 4. The van der Waals surface area contributed by atoms with Crippen molar-refractivity contribution in [3.63, 3.8) is 0 Å². The van der Waals surface area contributed by atoms with E-state index in [9.17, 15) is 10.1 Å². The Morgan fingerprint density at radius 2 is 2.20 bits per heavy atom. The highest BCUT2D eigenvalue weighted by Crippen LogP contribution is 2.40. The number of nitriles is 1. The Labute approximate surface area is 118 Å². The molecule has 1 aliphatic heterocycles. The first-order valence-corrected chi connectivity index (χ1v) is 6.74. The molecule has 1 aromatic heterocycles. The Hall–Kier alpha value is -2.22. The zero-order valence-corrected chi connectivity index (χ0v) is 12.2. The Morgan fingerprint density at radius 1 is 1.55 bits per heavy atom. The number of nitrogens with two attached hydrogens (primary N) is 1. The molecule has 0 spiro atoms. The lowest BCUT2D eigenvalue weighted by molar-refractivity contribution is 0.366. The van der Waals surface area contributed by atoms with Gasteiger partial charge in [0.1, 0.15) is 11.8 Å². The van der Waals surface area contributed by atoms with Gasteiger partial charge in [0.05, 0.1) is 11.1 Å². The average Bonchev–Trinajstić information content (AvgIpc) is 2.37. The van der Waals surface area contributed by atoms with Crippen LogP contribution in [0.15, 0.2) is 22.3 Å². The third kappa shape index (κ3) is 1.97. The molecule has 2 heterocycles. The summed E-state index contributed by atoms with van der Waals surface area (Å²) in [7, 11) is 0. The van der Waals surface area contributed by atoms with Crippen molar-refractivity contribution in [2.24, 2.45) is 11.7 Å². The summed E-state index contributed by atoms with van der Waals surface area (Å²) in [6.45, 7) is 8.31. The van der Waals surface area contributed by atoms with E-state index in [0.29, 0.717) is 23.4 Å². The van der Waals surface area contributed by atoms with E-state index in [-0.39, 0.29) is 23.3 Å². The van der Waals surface area contributed by atoms with Crippen molar-refractivity contribution in [2.45, 2.75) is 40.2 Å². The Kier molecular flexibility index (Phi) is 3.58. The van der Waals surface area contributed by atoms with Gasteiger partial charge in [0, 0.05) is 24.2 Å². The van der Waals surface area contributed by atoms with Gasteiger partial charge in [0.2, 0.25) is 5.88 Å². The van der Waals surface area contributed by atoms with E-state index in [1.165, 1.54) is 0 Å². The molecule has 1 aromatic rings. The maximum absolute atomic E-state index is 12.7.